The third-order valence-electron chi connectivity index (χ3n) is 3.67. The van der Waals surface area contributed by atoms with Gasteiger partial charge < -0.3 is 0 Å². The SMILES string of the molecule is O=S(=O)(NCC1CC(Cl)C1)c1cccc2cnccc12. The number of nitrogens with one attached hydrogen (secondary N) is 1. The van der Waals surface area contributed by atoms with E-state index in [1.165, 1.54) is 0 Å². The van der Waals surface area contributed by atoms with Crippen LogP contribution in [0, 0.1) is 5.92 Å². The standard InChI is InChI=1S/C14H15ClN2O2S/c15-12-6-10(7-12)8-17-20(18,19)14-3-1-2-11-9-16-5-4-13(11)14/h1-5,9-10,12,17H,6-8H2. The lowest BCUT2D eigenvalue weighted by molar-refractivity contribution is 0.324. The second-order valence-electron chi connectivity index (χ2n) is 5.14. The molecule has 6 heteroatoms. The zero-order valence-corrected chi connectivity index (χ0v) is 12.4. The number of rotatable bonds is 4. The Morgan fingerprint density at radius 3 is 2.85 bits per heavy atom. The van der Waals surface area contributed by atoms with E-state index in [1.807, 2.05) is 6.07 Å². The summed E-state index contributed by atoms with van der Waals surface area (Å²) in [5.41, 5.74) is 0. The molecule has 1 aliphatic rings. The molecule has 2 aromatic rings. The minimum Gasteiger partial charge on any atom is -0.264 e. The average molecular weight is 311 g/mol. The van der Waals surface area contributed by atoms with Crippen LogP contribution in [0.2, 0.25) is 0 Å². The number of nitrogens with zero attached hydrogens (tertiary/aromatic N) is 1. The molecule has 106 valence electrons. The van der Waals surface area contributed by atoms with Crippen LogP contribution in [0.25, 0.3) is 10.8 Å². The Hall–Kier alpha value is -1.17. The van der Waals surface area contributed by atoms with Gasteiger partial charge in [0.2, 0.25) is 10.0 Å². The van der Waals surface area contributed by atoms with Gasteiger partial charge in [0.15, 0.2) is 0 Å². The molecule has 1 aliphatic carbocycles. The fourth-order valence-electron chi connectivity index (χ4n) is 2.45. The third-order valence-corrected chi connectivity index (χ3v) is 5.51. The van der Waals surface area contributed by atoms with Gasteiger partial charge in [0.1, 0.15) is 0 Å². The Morgan fingerprint density at radius 1 is 1.30 bits per heavy atom. The minimum absolute atomic E-state index is 0.202. The summed E-state index contributed by atoms with van der Waals surface area (Å²) in [6, 6.07) is 6.93. The quantitative estimate of drug-likeness (QED) is 0.883. The lowest BCUT2D eigenvalue weighted by atomic mass is 9.85. The van der Waals surface area contributed by atoms with Gasteiger partial charge in [0.25, 0.3) is 0 Å². The first-order valence-corrected chi connectivity index (χ1v) is 8.45. The molecule has 0 amide bonds. The van der Waals surface area contributed by atoms with Crippen molar-refractivity contribution in [2.75, 3.05) is 6.54 Å². The van der Waals surface area contributed by atoms with E-state index in [-0.39, 0.29) is 5.38 Å². The van der Waals surface area contributed by atoms with Gasteiger partial charge in [-0.05, 0) is 30.9 Å². The van der Waals surface area contributed by atoms with E-state index in [2.05, 4.69) is 9.71 Å². The van der Waals surface area contributed by atoms with Crippen molar-refractivity contribution in [1.82, 2.24) is 9.71 Å². The molecule has 0 saturated heterocycles. The number of benzene rings is 1. The number of pyridine rings is 1. The monoisotopic (exact) mass is 310 g/mol. The number of halogens is 1. The minimum atomic E-state index is -3.50. The van der Waals surface area contributed by atoms with Crippen LogP contribution in [0.1, 0.15) is 12.8 Å². The highest BCUT2D eigenvalue weighted by atomic mass is 35.5. The van der Waals surface area contributed by atoms with Crippen molar-refractivity contribution in [3.8, 4) is 0 Å². The summed E-state index contributed by atoms with van der Waals surface area (Å²) in [4.78, 5) is 4.32. The Labute approximate surface area is 123 Å². The van der Waals surface area contributed by atoms with Gasteiger partial charge in [-0.25, -0.2) is 13.1 Å². The number of alkyl halides is 1. The average Bonchev–Trinajstić information content (AvgIpc) is 2.42. The van der Waals surface area contributed by atoms with E-state index >= 15 is 0 Å². The fourth-order valence-corrected chi connectivity index (χ4v) is 4.30. The predicted octanol–water partition coefficient (Wildman–Crippen LogP) is 2.53. The summed E-state index contributed by atoms with van der Waals surface area (Å²) in [6.07, 6.45) is 5.02. The van der Waals surface area contributed by atoms with Crippen LogP contribution in [0.4, 0.5) is 0 Å². The Bertz CT molecular complexity index is 722. The predicted molar refractivity (Wildman–Crippen MR) is 79.3 cm³/mol. The summed E-state index contributed by atoms with van der Waals surface area (Å²) in [6.45, 7) is 0.451. The summed E-state index contributed by atoms with van der Waals surface area (Å²) < 4.78 is 27.5. The molecular weight excluding hydrogens is 296 g/mol. The fraction of sp³-hybridized carbons (Fsp3) is 0.357. The summed E-state index contributed by atoms with van der Waals surface area (Å²) in [7, 11) is -3.50. The largest absolute Gasteiger partial charge is 0.264 e. The topological polar surface area (TPSA) is 59.1 Å². The number of sulfonamides is 1. The first-order chi connectivity index (χ1) is 9.56. The summed E-state index contributed by atoms with van der Waals surface area (Å²) >= 11 is 5.90. The van der Waals surface area contributed by atoms with Gasteiger partial charge in [0, 0.05) is 35.1 Å². The molecule has 1 fully saturated rings. The molecule has 0 radical (unpaired) electrons. The number of hydrogen-bond donors (Lipinski definition) is 1. The molecule has 0 spiro atoms. The first-order valence-electron chi connectivity index (χ1n) is 6.53. The Morgan fingerprint density at radius 2 is 2.10 bits per heavy atom. The lowest BCUT2D eigenvalue weighted by Gasteiger charge is -2.30. The molecule has 1 aromatic heterocycles. The third kappa shape index (κ3) is 2.66. The maximum Gasteiger partial charge on any atom is 0.241 e. The van der Waals surface area contributed by atoms with Gasteiger partial charge in [-0.2, -0.15) is 0 Å². The van der Waals surface area contributed by atoms with Crippen LogP contribution in [-0.2, 0) is 10.0 Å². The zero-order valence-electron chi connectivity index (χ0n) is 10.8. The van der Waals surface area contributed by atoms with Crippen LogP contribution < -0.4 is 4.72 Å². The van der Waals surface area contributed by atoms with Crippen molar-refractivity contribution < 1.29 is 8.42 Å². The number of hydrogen-bond acceptors (Lipinski definition) is 3. The van der Waals surface area contributed by atoms with E-state index in [1.54, 1.807) is 30.6 Å². The Kier molecular flexibility index (Phi) is 3.67. The molecule has 1 aromatic carbocycles. The van der Waals surface area contributed by atoms with Crippen LogP contribution in [0.15, 0.2) is 41.6 Å². The molecule has 4 nitrogen and oxygen atoms in total. The molecule has 1 heterocycles. The van der Waals surface area contributed by atoms with Crippen LogP contribution >= 0.6 is 11.6 Å². The van der Waals surface area contributed by atoms with Crippen LogP contribution in [-0.4, -0.2) is 25.3 Å². The second-order valence-corrected chi connectivity index (χ2v) is 7.49. The highest BCUT2D eigenvalue weighted by Gasteiger charge is 2.28. The van der Waals surface area contributed by atoms with Crippen molar-refractivity contribution in [1.29, 1.82) is 0 Å². The van der Waals surface area contributed by atoms with Gasteiger partial charge in [0.05, 0.1) is 4.90 Å². The maximum absolute atomic E-state index is 12.4. The van der Waals surface area contributed by atoms with Crippen molar-refractivity contribution in [2.45, 2.75) is 23.1 Å². The lowest BCUT2D eigenvalue weighted by Crippen LogP contribution is -2.36. The molecule has 20 heavy (non-hydrogen) atoms. The second kappa shape index (κ2) is 5.31. The molecule has 0 unspecified atom stereocenters. The number of aromatic nitrogens is 1. The van der Waals surface area contributed by atoms with Crippen LogP contribution in [0.3, 0.4) is 0 Å². The smallest absolute Gasteiger partial charge is 0.241 e. The maximum atomic E-state index is 12.4. The van der Waals surface area contributed by atoms with E-state index in [0.29, 0.717) is 22.7 Å². The van der Waals surface area contributed by atoms with Crippen molar-refractivity contribution in [3.05, 3.63) is 36.7 Å². The van der Waals surface area contributed by atoms with Crippen molar-refractivity contribution in [2.24, 2.45) is 5.92 Å². The highest BCUT2D eigenvalue weighted by molar-refractivity contribution is 7.89. The van der Waals surface area contributed by atoms with E-state index in [4.69, 9.17) is 11.6 Å². The van der Waals surface area contributed by atoms with Gasteiger partial charge in [-0.1, -0.05) is 12.1 Å². The first kappa shape index (κ1) is 13.8. The van der Waals surface area contributed by atoms with Crippen molar-refractivity contribution in [3.63, 3.8) is 0 Å². The van der Waals surface area contributed by atoms with Gasteiger partial charge in [-0.3, -0.25) is 4.98 Å². The molecule has 1 N–H and O–H groups in total. The highest BCUT2D eigenvalue weighted by Crippen LogP contribution is 2.31. The van der Waals surface area contributed by atoms with E-state index in [9.17, 15) is 8.42 Å². The van der Waals surface area contributed by atoms with Gasteiger partial charge >= 0.3 is 0 Å². The summed E-state index contributed by atoms with van der Waals surface area (Å²) in [5.74, 6) is 0.351. The zero-order chi connectivity index (χ0) is 14.2. The van der Waals surface area contributed by atoms with Crippen molar-refractivity contribution >= 4 is 32.4 Å². The van der Waals surface area contributed by atoms with Gasteiger partial charge in [-0.15, -0.1) is 11.6 Å². The molecule has 0 atom stereocenters. The Balaban J connectivity index is 1.85. The molecule has 1 saturated carbocycles. The normalized spacial score (nSPS) is 22.6. The molecular formula is C14H15ClN2O2S. The molecule has 0 aliphatic heterocycles. The number of fused-ring (bicyclic) bond motifs is 1. The summed E-state index contributed by atoms with van der Waals surface area (Å²) in [5, 5.41) is 1.71. The van der Waals surface area contributed by atoms with Crippen LogP contribution in [0.5, 0.6) is 0 Å². The molecule has 3 rings (SSSR count). The molecule has 0 bridgehead atoms. The van der Waals surface area contributed by atoms with E-state index < -0.39 is 10.0 Å². The van der Waals surface area contributed by atoms with E-state index in [0.717, 1.165) is 18.2 Å².